The van der Waals surface area contributed by atoms with Crippen LogP contribution in [0.25, 0.3) is 6.08 Å². The number of thioether (sulfide) groups is 1. The van der Waals surface area contributed by atoms with E-state index in [2.05, 4.69) is 6.58 Å². The first-order valence-corrected chi connectivity index (χ1v) is 9.00. The molecule has 1 aliphatic heterocycles. The van der Waals surface area contributed by atoms with E-state index in [1.165, 1.54) is 11.8 Å². The van der Waals surface area contributed by atoms with Crippen LogP contribution in [0.2, 0.25) is 0 Å². The molecule has 5 heteroatoms. The van der Waals surface area contributed by atoms with Crippen molar-refractivity contribution < 1.29 is 9.53 Å². The first-order chi connectivity index (χ1) is 12.1. The summed E-state index contributed by atoms with van der Waals surface area (Å²) in [6, 6.07) is 15.3. The lowest BCUT2D eigenvalue weighted by atomic mass is 10.1. The summed E-state index contributed by atoms with van der Waals surface area (Å²) in [5, 5.41) is 0. The Bertz CT molecular complexity index is 874. The quantitative estimate of drug-likeness (QED) is 0.424. The van der Waals surface area contributed by atoms with Crippen molar-refractivity contribution in [1.82, 2.24) is 0 Å². The molecule has 0 radical (unpaired) electrons. The molecule has 2 aromatic rings. The van der Waals surface area contributed by atoms with E-state index in [0.717, 1.165) is 22.6 Å². The number of anilines is 1. The fourth-order valence-electron chi connectivity index (χ4n) is 2.49. The van der Waals surface area contributed by atoms with Crippen LogP contribution in [-0.2, 0) is 4.79 Å². The molecule has 0 spiro atoms. The summed E-state index contributed by atoms with van der Waals surface area (Å²) in [5.74, 6) is 0.643. The molecule has 2 aromatic carbocycles. The van der Waals surface area contributed by atoms with Crippen molar-refractivity contribution >= 4 is 46.0 Å². The van der Waals surface area contributed by atoms with Gasteiger partial charge in [0.15, 0.2) is 4.32 Å². The van der Waals surface area contributed by atoms with Crippen LogP contribution in [0.4, 0.5) is 5.69 Å². The highest BCUT2D eigenvalue weighted by Gasteiger charge is 2.33. The zero-order valence-electron chi connectivity index (χ0n) is 13.8. The van der Waals surface area contributed by atoms with E-state index >= 15 is 0 Å². The predicted octanol–water partition coefficient (Wildman–Crippen LogP) is 4.97. The minimum Gasteiger partial charge on any atom is -0.490 e. The zero-order chi connectivity index (χ0) is 17.8. The highest BCUT2D eigenvalue weighted by molar-refractivity contribution is 8.27. The van der Waals surface area contributed by atoms with E-state index in [9.17, 15) is 4.79 Å². The van der Waals surface area contributed by atoms with Crippen molar-refractivity contribution in [2.45, 2.75) is 6.92 Å². The zero-order valence-corrected chi connectivity index (χ0v) is 15.4. The van der Waals surface area contributed by atoms with Crippen molar-refractivity contribution in [3.05, 3.63) is 77.2 Å². The summed E-state index contributed by atoms with van der Waals surface area (Å²) < 4.78 is 6.09. The van der Waals surface area contributed by atoms with E-state index in [0.29, 0.717) is 15.8 Å². The second-order valence-corrected chi connectivity index (χ2v) is 7.15. The molecule has 0 atom stereocenters. The Kier molecular flexibility index (Phi) is 5.36. The Morgan fingerprint density at radius 3 is 2.80 bits per heavy atom. The number of carbonyl (C=O) groups excluding carboxylic acids is 1. The maximum Gasteiger partial charge on any atom is 0.270 e. The van der Waals surface area contributed by atoms with Crippen LogP contribution >= 0.6 is 24.0 Å². The molecule has 3 rings (SSSR count). The molecule has 0 unspecified atom stereocenters. The predicted molar refractivity (Wildman–Crippen MR) is 109 cm³/mol. The Balaban J connectivity index is 1.88. The number of ether oxygens (including phenoxy) is 1. The van der Waals surface area contributed by atoms with Crippen molar-refractivity contribution in [2.24, 2.45) is 0 Å². The van der Waals surface area contributed by atoms with Gasteiger partial charge in [0.1, 0.15) is 12.4 Å². The van der Waals surface area contributed by atoms with Gasteiger partial charge in [0.2, 0.25) is 0 Å². The van der Waals surface area contributed by atoms with E-state index in [1.807, 2.05) is 61.5 Å². The fourth-order valence-corrected chi connectivity index (χ4v) is 3.78. The monoisotopic (exact) mass is 367 g/mol. The van der Waals surface area contributed by atoms with Crippen LogP contribution in [0.1, 0.15) is 11.1 Å². The number of aryl methyl sites for hydroxylation is 1. The van der Waals surface area contributed by atoms with Gasteiger partial charge in [-0.05, 0) is 42.3 Å². The third kappa shape index (κ3) is 3.83. The summed E-state index contributed by atoms with van der Waals surface area (Å²) >= 11 is 6.74. The lowest BCUT2D eigenvalue weighted by Gasteiger charge is -2.16. The SMILES string of the molecule is C=CCOc1cccc(/C=C2/SC(=S)N(c3ccccc3C)C2=O)c1. The molecule has 0 aromatic heterocycles. The van der Waals surface area contributed by atoms with Gasteiger partial charge in [-0.2, -0.15) is 0 Å². The average molecular weight is 367 g/mol. The van der Waals surface area contributed by atoms with Gasteiger partial charge in [0.05, 0.1) is 10.6 Å². The van der Waals surface area contributed by atoms with Gasteiger partial charge in [0.25, 0.3) is 5.91 Å². The Labute approximate surface area is 157 Å². The fraction of sp³-hybridized carbons (Fsp3) is 0.100. The second-order valence-electron chi connectivity index (χ2n) is 5.48. The molecule has 1 aliphatic rings. The molecule has 126 valence electrons. The van der Waals surface area contributed by atoms with Gasteiger partial charge >= 0.3 is 0 Å². The summed E-state index contributed by atoms with van der Waals surface area (Å²) in [6.45, 7) is 6.05. The summed E-state index contributed by atoms with van der Waals surface area (Å²) in [7, 11) is 0. The standard InChI is InChI=1S/C20H17NO2S2/c1-3-11-23-16-9-6-8-15(12-16)13-18-19(22)21(20(24)25-18)17-10-5-4-7-14(17)2/h3-10,12-13H,1,11H2,2H3/b18-13+. The molecule has 0 aliphatic carbocycles. The number of rotatable bonds is 5. The molecule has 0 saturated carbocycles. The van der Waals surface area contributed by atoms with E-state index in [1.54, 1.807) is 11.0 Å². The minimum atomic E-state index is -0.0956. The molecular formula is C20H17NO2S2. The summed E-state index contributed by atoms with van der Waals surface area (Å²) in [6.07, 6.45) is 3.54. The number of hydrogen-bond acceptors (Lipinski definition) is 4. The van der Waals surface area contributed by atoms with Crippen LogP contribution in [-0.4, -0.2) is 16.8 Å². The molecule has 1 heterocycles. The number of hydrogen-bond donors (Lipinski definition) is 0. The van der Waals surface area contributed by atoms with Crippen LogP contribution < -0.4 is 9.64 Å². The smallest absolute Gasteiger partial charge is 0.270 e. The maximum atomic E-state index is 12.8. The van der Waals surface area contributed by atoms with Gasteiger partial charge in [0, 0.05) is 0 Å². The van der Waals surface area contributed by atoms with Crippen LogP contribution in [0.15, 0.2) is 66.1 Å². The van der Waals surface area contributed by atoms with Crippen molar-refractivity contribution in [3.8, 4) is 5.75 Å². The van der Waals surface area contributed by atoms with Crippen molar-refractivity contribution in [3.63, 3.8) is 0 Å². The van der Waals surface area contributed by atoms with Gasteiger partial charge in [-0.25, -0.2) is 0 Å². The Hall–Kier alpha value is -2.37. The first-order valence-electron chi connectivity index (χ1n) is 7.77. The second kappa shape index (κ2) is 7.68. The molecule has 1 saturated heterocycles. The maximum absolute atomic E-state index is 12.8. The number of nitrogens with zero attached hydrogens (tertiary/aromatic N) is 1. The topological polar surface area (TPSA) is 29.5 Å². The highest BCUT2D eigenvalue weighted by atomic mass is 32.2. The molecule has 3 nitrogen and oxygen atoms in total. The normalized spacial score (nSPS) is 15.7. The Morgan fingerprint density at radius 2 is 2.04 bits per heavy atom. The van der Waals surface area contributed by atoms with E-state index in [4.69, 9.17) is 17.0 Å². The van der Waals surface area contributed by atoms with Crippen LogP contribution in [0, 0.1) is 6.92 Å². The highest BCUT2D eigenvalue weighted by Crippen LogP contribution is 2.37. The first kappa shape index (κ1) is 17.5. The van der Waals surface area contributed by atoms with Crippen molar-refractivity contribution in [2.75, 3.05) is 11.5 Å². The van der Waals surface area contributed by atoms with Crippen molar-refractivity contribution in [1.29, 1.82) is 0 Å². The van der Waals surface area contributed by atoms with Crippen LogP contribution in [0.5, 0.6) is 5.75 Å². The lowest BCUT2D eigenvalue weighted by molar-refractivity contribution is -0.113. The number of carbonyl (C=O) groups is 1. The number of para-hydroxylation sites is 1. The summed E-state index contributed by atoms with van der Waals surface area (Å²) in [5.41, 5.74) is 2.74. The largest absolute Gasteiger partial charge is 0.490 e. The van der Waals surface area contributed by atoms with E-state index < -0.39 is 0 Å². The number of thiocarbonyl (C=S) groups is 1. The van der Waals surface area contributed by atoms with Gasteiger partial charge in [-0.3, -0.25) is 9.69 Å². The third-order valence-corrected chi connectivity index (χ3v) is 4.98. The molecule has 0 bridgehead atoms. The van der Waals surface area contributed by atoms with E-state index in [-0.39, 0.29) is 5.91 Å². The van der Waals surface area contributed by atoms with Gasteiger partial charge in [-0.15, -0.1) is 0 Å². The Morgan fingerprint density at radius 1 is 1.24 bits per heavy atom. The average Bonchev–Trinajstić information content (AvgIpc) is 2.88. The third-order valence-electron chi connectivity index (χ3n) is 3.67. The number of benzene rings is 2. The molecular weight excluding hydrogens is 350 g/mol. The molecule has 1 amide bonds. The molecule has 0 N–H and O–H groups in total. The minimum absolute atomic E-state index is 0.0956. The molecule has 1 fully saturated rings. The number of amides is 1. The van der Waals surface area contributed by atoms with Crippen LogP contribution in [0.3, 0.4) is 0 Å². The molecule has 25 heavy (non-hydrogen) atoms. The van der Waals surface area contributed by atoms with Gasteiger partial charge < -0.3 is 4.74 Å². The lowest BCUT2D eigenvalue weighted by Crippen LogP contribution is -2.28. The summed E-state index contributed by atoms with van der Waals surface area (Å²) in [4.78, 5) is 15.0. The van der Waals surface area contributed by atoms with Gasteiger partial charge in [-0.1, -0.05) is 67.0 Å².